The zero-order valence-electron chi connectivity index (χ0n) is 15.2. The number of nitrogens with one attached hydrogen (secondary N) is 2. The molecule has 1 saturated heterocycles. The van der Waals surface area contributed by atoms with E-state index >= 15 is 0 Å². The number of carbonyl (C=O) groups excluding carboxylic acids is 2. The number of aromatic nitrogens is 2. The number of anilines is 2. The highest BCUT2D eigenvalue weighted by Gasteiger charge is 2.19. The van der Waals surface area contributed by atoms with Crippen LogP contribution in [0.3, 0.4) is 0 Å². The molecule has 9 heteroatoms. The average molecular weight is 414 g/mol. The SMILES string of the molecule is O=C1CN(c2ccc(NC(=O)c3ccn(-c4cccc(F)c4)n3)cc2Cl)CCN1. The molecule has 1 aromatic heterocycles. The van der Waals surface area contributed by atoms with Gasteiger partial charge in [-0.3, -0.25) is 9.59 Å². The van der Waals surface area contributed by atoms with Crippen molar-refractivity contribution in [2.45, 2.75) is 0 Å². The third kappa shape index (κ3) is 4.22. The second-order valence-electron chi connectivity index (χ2n) is 6.52. The maximum absolute atomic E-state index is 13.4. The first kappa shape index (κ1) is 18.9. The van der Waals surface area contributed by atoms with Crippen LogP contribution in [0.25, 0.3) is 5.69 Å². The van der Waals surface area contributed by atoms with E-state index in [1.54, 1.807) is 42.6 Å². The van der Waals surface area contributed by atoms with Crippen LogP contribution < -0.4 is 15.5 Å². The highest BCUT2D eigenvalue weighted by atomic mass is 35.5. The monoisotopic (exact) mass is 413 g/mol. The molecule has 1 aliphatic heterocycles. The molecule has 2 amide bonds. The van der Waals surface area contributed by atoms with Gasteiger partial charge in [-0.15, -0.1) is 0 Å². The molecule has 1 aliphatic rings. The molecule has 2 heterocycles. The quantitative estimate of drug-likeness (QED) is 0.689. The van der Waals surface area contributed by atoms with Gasteiger partial charge >= 0.3 is 0 Å². The van der Waals surface area contributed by atoms with Gasteiger partial charge in [0.2, 0.25) is 5.91 Å². The maximum atomic E-state index is 13.4. The minimum Gasteiger partial charge on any atom is -0.359 e. The average Bonchev–Trinajstić information content (AvgIpc) is 3.18. The summed E-state index contributed by atoms with van der Waals surface area (Å²) in [5, 5.41) is 10.1. The summed E-state index contributed by atoms with van der Waals surface area (Å²) in [7, 11) is 0. The fraction of sp³-hybridized carbons (Fsp3) is 0.150. The summed E-state index contributed by atoms with van der Waals surface area (Å²) >= 11 is 6.36. The van der Waals surface area contributed by atoms with Crippen LogP contribution in [0.4, 0.5) is 15.8 Å². The zero-order chi connectivity index (χ0) is 20.4. The summed E-state index contributed by atoms with van der Waals surface area (Å²) in [5.74, 6) is -0.857. The van der Waals surface area contributed by atoms with Gasteiger partial charge in [0.1, 0.15) is 5.82 Å². The number of rotatable bonds is 4. The number of halogens is 2. The molecule has 3 aromatic rings. The van der Waals surface area contributed by atoms with Gasteiger partial charge in [-0.25, -0.2) is 9.07 Å². The summed E-state index contributed by atoms with van der Waals surface area (Å²) in [5.41, 5.74) is 1.93. The Balaban J connectivity index is 1.47. The van der Waals surface area contributed by atoms with E-state index in [1.807, 2.05) is 4.90 Å². The van der Waals surface area contributed by atoms with Crippen molar-refractivity contribution in [1.29, 1.82) is 0 Å². The van der Waals surface area contributed by atoms with Gasteiger partial charge in [0, 0.05) is 25.0 Å². The largest absolute Gasteiger partial charge is 0.359 e. The van der Waals surface area contributed by atoms with Gasteiger partial charge in [-0.1, -0.05) is 17.7 Å². The van der Waals surface area contributed by atoms with Crippen LogP contribution >= 0.6 is 11.6 Å². The Labute approximate surface area is 171 Å². The smallest absolute Gasteiger partial charge is 0.276 e. The molecule has 0 bridgehead atoms. The van der Waals surface area contributed by atoms with Gasteiger partial charge in [0.05, 0.1) is 22.9 Å². The Kier molecular flexibility index (Phi) is 5.18. The van der Waals surface area contributed by atoms with Gasteiger partial charge < -0.3 is 15.5 Å². The summed E-state index contributed by atoms with van der Waals surface area (Å²) in [4.78, 5) is 25.9. The molecule has 29 heavy (non-hydrogen) atoms. The van der Waals surface area contributed by atoms with Crippen LogP contribution in [-0.2, 0) is 4.79 Å². The van der Waals surface area contributed by atoms with Crippen molar-refractivity contribution in [2.24, 2.45) is 0 Å². The van der Waals surface area contributed by atoms with Crippen molar-refractivity contribution in [3.63, 3.8) is 0 Å². The van der Waals surface area contributed by atoms with Crippen LogP contribution in [-0.4, -0.2) is 41.2 Å². The van der Waals surface area contributed by atoms with Crippen molar-refractivity contribution in [2.75, 3.05) is 29.9 Å². The predicted octanol–water partition coefficient (Wildman–Crippen LogP) is 2.85. The number of benzene rings is 2. The minimum atomic E-state index is -0.415. The minimum absolute atomic E-state index is 0.0569. The Morgan fingerprint density at radius 2 is 2.07 bits per heavy atom. The van der Waals surface area contributed by atoms with E-state index < -0.39 is 5.91 Å². The van der Waals surface area contributed by atoms with Crippen LogP contribution in [0.5, 0.6) is 0 Å². The van der Waals surface area contributed by atoms with Crippen LogP contribution in [0.15, 0.2) is 54.7 Å². The van der Waals surface area contributed by atoms with Gasteiger partial charge in [0.15, 0.2) is 5.69 Å². The Bertz CT molecular complexity index is 1080. The standard InChI is InChI=1S/C20H17ClFN5O2/c21-16-11-14(4-5-18(16)26-9-7-23-19(28)12-26)24-20(29)17-6-8-27(25-17)15-3-1-2-13(22)10-15/h1-6,8,10-11H,7,9,12H2,(H,23,28)(H,24,29). The molecule has 0 atom stereocenters. The number of nitrogens with zero attached hydrogens (tertiary/aromatic N) is 3. The zero-order valence-corrected chi connectivity index (χ0v) is 16.0. The van der Waals surface area contributed by atoms with E-state index in [-0.39, 0.29) is 24.0 Å². The fourth-order valence-electron chi connectivity index (χ4n) is 3.09. The summed E-state index contributed by atoms with van der Waals surface area (Å²) in [6, 6.07) is 12.6. The van der Waals surface area contributed by atoms with Crippen molar-refractivity contribution in [1.82, 2.24) is 15.1 Å². The van der Waals surface area contributed by atoms with Crippen molar-refractivity contribution in [3.8, 4) is 5.69 Å². The first-order valence-electron chi connectivity index (χ1n) is 8.94. The highest BCUT2D eigenvalue weighted by molar-refractivity contribution is 6.33. The summed E-state index contributed by atoms with van der Waals surface area (Å²) in [6.45, 7) is 1.46. The molecule has 2 aromatic carbocycles. The lowest BCUT2D eigenvalue weighted by molar-refractivity contribution is -0.120. The van der Waals surface area contributed by atoms with Gasteiger partial charge in [0.25, 0.3) is 5.91 Å². The lowest BCUT2D eigenvalue weighted by Crippen LogP contribution is -2.47. The molecule has 2 N–H and O–H groups in total. The van der Waals surface area contributed by atoms with Gasteiger partial charge in [-0.05, 0) is 42.5 Å². The number of piperazine rings is 1. The number of hydrogen-bond donors (Lipinski definition) is 2. The third-order valence-corrected chi connectivity index (χ3v) is 4.78. The predicted molar refractivity (Wildman–Crippen MR) is 108 cm³/mol. The van der Waals surface area contributed by atoms with E-state index in [0.717, 1.165) is 5.69 Å². The number of amides is 2. The molecule has 0 radical (unpaired) electrons. The molecule has 1 fully saturated rings. The molecular formula is C20H17ClFN5O2. The highest BCUT2D eigenvalue weighted by Crippen LogP contribution is 2.29. The number of carbonyl (C=O) groups is 2. The fourth-order valence-corrected chi connectivity index (χ4v) is 3.39. The molecule has 0 unspecified atom stereocenters. The Morgan fingerprint density at radius 1 is 1.21 bits per heavy atom. The third-order valence-electron chi connectivity index (χ3n) is 4.48. The summed E-state index contributed by atoms with van der Waals surface area (Å²) < 4.78 is 14.8. The normalized spacial score (nSPS) is 13.9. The lowest BCUT2D eigenvalue weighted by Gasteiger charge is -2.29. The molecule has 4 rings (SSSR count). The van der Waals surface area contributed by atoms with Crippen molar-refractivity contribution < 1.29 is 14.0 Å². The van der Waals surface area contributed by atoms with Crippen molar-refractivity contribution >= 4 is 34.8 Å². The molecule has 0 aliphatic carbocycles. The first-order valence-corrected chi connectivity index (χ1v) is 9.31. The molecule has 7 nitrogen and oxygen atoms in total. The summed E-state index contributed by atoms with van der Waals surface area (Å²) in [6.07, 6.45) is 1.58. The topological polar surface area (TPSA) is 79.3 Å². The van der Waals surface area contributed by atoms with Crippen LogP contribution in [0, 0.1) is 5.82 Å². The van der Waals surface area contributed by atoms with Gasteiger partial charge in [-0.2, -0.15) is 5.10 Å². The lowest BCUT2D eigenvalue weighted by atomic mass is 10.2. The van der Waals surface area contributed by atoms with Crippen LogP contribution in [0.1, 0.15) is 10.5 Å². The van der Waals surface area contributed by atoms with Crippen molar-refractivity contribution in [3.05, 3.63) is 71.3 Å². The second-order valence-corrected chi connectivity index (χ2v) is 6.92. The Morgan fingerprint density at radius 3 is 2.83 bits per heavy atom. The van der Waals surface area contributed by atoms with E-state index in [2.05, 4.69) is 15.7 Å². The second kappa shape index (κ2) is 7.92. The molecule has 0 saturated carbocycles. The van der Waals surface area contributed by atoms with E-state index in [1.165, 1.54) is 16.8 Å². The van der Waals surface area contributed by atoms with Crippen LogP contribution in [0.2, 0.25) is 5.02 Å². The van der Waals surface area contributed by atoms with E-state index in [0.29, 0.717) is 29.5 Å². The van der Waals surface area contributed by atoms with E-state index in [9.17, 15) is 14.0 Å². The molecule has 0 spiro atoms. The maximum Gasteiger partial charge on any atom is 0.276 e. The molecule has 148 valence electrons. The Hall–Kier alpha value is -3.39. The van der Waals surface area contributed by atoms with E-state index in [4.69, 9.17) is 11.6 Å². The number of hydrogen-bond acceptors (Lipinski definition) is 4. The first-order chi connectivity index (χ1) is 14.0. The molecular weight excluding hydrogens is 397 g/mol.